The summed E-state index contributed by atoms with van der Waals surface area (Å²) in [5, 5.41) is 0. The zero-order valence-corrected chi connectivity index (χ0v) is 15.6. The molecule has 0 aliphatic rings. The monoisotopic (exact) mass is 404 g/mol. The van der Waals surface area contributed by atoms with Crippen LogP contribution in [0, 0.1) is 19.3 Å². The SMILES string of the molecule is C#CCN=c1sc2cc(OC(F)(F)F)ccc2n1CC(=O)c1ccc(C)cc1. The number of carbonyl (C=O) groups excluding carboxylic acids is 1. The molecule has 0 N–H and O–H groups in total. The van der Waals surface area contributed by atoms with Crippen LogP contribution in [0.2, 0.25) is 0 Å². The van der Waals surface area contributed by atoms with E-state index in [9.17, 15) is 18.0 Å². The van der Waals surface area contributed by atoms with Gasteiger partial charge in [0.2, 0.25) is 0 Å². The summed E-state index contributed by atoms with van der Waals surface area (Å²) in [6.45, 7) is 2.01. The van der Waals surface area contributed by atoms with E-state index in [1.165, 1.54) is 18.2 Å². The Labute approximate surface area is 162 Å². The van der Waals surface area contributed by atoms with Crippen molar-refractivity contribution < 1.29 is 22.7 Å². The highest BCUT2D eigenvalue weighted by molar-refractivity contribution is 7.16. The maximum atomic E-state index is 12.7. The first-order chi connectivity index (χ1) is 13.3. The normalized spacial score (nSPS) is 12.2. The number of alkyl halides is 3. The largest absolute Gasteiger partial charge is 0.573 e. The average molecular weight is 404 g/mol. The summed E-state index contributed by atoms with van der Waals surface area (Å²) >= 11 is 1.14. The van der Waals surface area contributed by atoms with Crippen molar-refractivity contribution in [1.29, 1.82) is 0 Å². The lowest BCUT2D eigenvalue weighted by Crippen LogP contribution is -2.21. The molecule has 0 radical (unpaired) electrons. The van der Waals surface area contributed by atoms with Crippen molar-refractivity contribution in [3.05, 3.63) is 58.4 Å². The van der Waals surface area contributed by atoms with Crippen LogP contribution in [-0.2, 0) is 6.54 Å². The topological polar surface area (TPSA) is 43.6 Å². The minimum atomic E-state index is -4.78. The number of rotatable bonds is 5. The number of halogens is 3. The zero-order valence-electron chi connectivity index (χ0n) is 14.8. The van der Waals surface area contributed by atoms with Crippen molar-refractivity contribution >= 4 is 27.3 Å². The van der Waals surface area contributed by atoms with Gasteiger partial charge in [0.1, 0.15) is 12.3 Å². The molecule has 144 valence electrons. The van der Waals surface area contributed by atoms with Crippen LogP contribution < -0.4 is 9.54 Å². The van der Waals surface area contributed by atoms with Gasteiger partial charge in [-0.25, -0.2) is 4.99 Å². The fraction of sp³-hybridized carbons (Fsp3) is 0.200. The smallest absolute Gasteiger partial charge is 0.406 e. The Hall–Kier alpha value is -3.05. The molecule has 8 heteroatoms. The second-order valence-corrected chi connectivity index (χ2v) is 6.97. The lowest BCUT2D eigenvalue weighted by Gasteiger charge is -2.09. The Morgan fingerprint density at radius 1 is 1.25 bits per heavy atom. The maximum absolute atomic E-state index is 12.7. The van der Waals surface area contributed by atoms with Crippen LogP contribution in [0.4, 0.5) is 13.2 Å². The second-order valence-electron chi connectivity index (χ2n) is 5.96. The molecule has 0 saturated carbocycles. The minimum Gasteiger partial charge on any atom is -0.406 e. The maximum Gasteiger partial charge on any atom is 0.573 e. The minimum absolute atomic E-state index is 0.00800. The number of ether oxygens (including phenoxy) is 1. The van der Waals surface area contributed by atoms with Gasteiger partial charge in [0.05, 0.1) is 16.8 Å². The molecule has 2 aromatic carbocycles. The van der Waals surface area contributed by atoms with E-state index in [1.807, 2.05) is 19.1 Å². The van der Waals surface area contributed by atoms with Crippen LogP contribution in [0.1, 0.15) is 15.9 Å². The highest BCUT2D eigenvalue weighted by atomic mass is 32.1. The van der Waals surface area contributed by atoms with Gasteiger partial charge in [-0.1, -0.05) is 47.1 Å². The number of aryl methyl sites for hydroxylation is 1. The summed E-state index contributed by atoms with van der Waals surface area (Å²) in [5.41, 5.74) is 2.15. The van der Waals surface area contributed by atoms with Crippen LogP contribution in [-0.4, -0.2) is 23.3 Å². The molecule has 28 heavy (non-hydrogen) atoms. The molecule has 1 heterocycles. The van der Waals surface area contributed by atoms with E-state index in [2.05, 4.69) is 15.6 Å². The Bertz CT molecular complexity index is 1120. The van der Waals surface area contributed by atoms with Crippen LogP contribution in [0.5, 0.6) is 5.75 Å². The number of Topliss-reactive ketones (excluding diaryl/α,β-unsaturated/α-hetero) is 1. The number of benzene rings is 2. The lowest BCUT2D eigenvalue weighted by atomic mass is 10.1. The van der Waals surface area contributed by atoms with Gasteiger partial charge in [-0.2, -0.15) is 0 Å². The number of ketones is 1. The second kappa shape index (κ2) is 7.90. The number of terminal acetylenes is 1. The molecule has 0 fully saturated rings. The molecular formula is C20H15F3N2O2S. The molecule has 3 aromatic rings. The molecule has 0 bridgehead atoms. The Morgan fingerprint density at radius 3 is 2.61 bits per heavy atom. The van der Waals surface area contributed by atoms with Gasteiger partial charge in [-0.3, -0.25) is 4.79 Å². The first-order valence-electron chi connectivity index (χ1n) is 8.20. The van der Waals surface area contributed by atoms with E-state index in [-0.39, 0.29) is 24.6 Å². The average Bonchev–Trinajstić information content (AvgIpc) is 2.95. The summed E-state index contributed by atoms with van der Waals surface area (Å²) < 4.78 is 43.5. The van der Waals surface area contributed by atoms with Gasteiger partial charge < -0.3 is 9.30 Å². The third-order valence-electron chi connectivity index (χ3n) is 3.87. The van der Waals surface area contributed by atoms with E-state index < -0.39 is 6.36 Å². The van der Waals surface area contributed by atoms with Crippen LogP contribution >= 0.6 is 11.3 Å². The van der Waals surface area contributed by atoms with E-state index in [0.29, 0.717) is 20.6 Å². The summed E-state index contributed by atoms with van der Waals surface area (Å²) in [6.07, 6.45) is 0.482. The van der Waals surface area contributed by atoms with Crippen LogP contribution in [0.25, 0.3) is 10.2 Å². The highest BCUT2D eigenvalue weighted by Crippen LogP contribution is 2.28. The first-order valence-corrected chi connectivity index (χ1v) is 9.01. The van der Waals surface area contributed by atoms with Gasteiger partial charge in [0, 0.05) is 5.56 Å². The number of nitrogens with zero attached hydrogens (tertiary/aromatic N) is 2. The third-order valence-corrected chi connectivity index (χ3v) is 4.95. The predicted octanol–water partition coefficient (Wildman–Crippen LogP) is 4.33. The van der Waals surface area contributed by atoms with Crippen molar-refractivity contribution in [2.45, 2.75) is 19.8 Å². The van der Waals surface area contributed by atoms with Gasteiger partial charge >= 0.3 is 6.36 Å². The summed E-state index contributed by atoms with van der Waals surface area (Å²) in [5.74, 6) is 1.92. The molecule has 1 aromatic heterocycles. The van der Waals surface area contributed by atoms with Crippen molar-refractivity contribution in [2.24, 2.45) is 4.99 Å². The molecule has 0 aliphatic carbocycles. The van der Waals surface area contributed by atoms with Gasteiger partial charge in [-0.05, 0) is 25.1 Å². The van der Waals surface area contributed by atoms with Crippen LogP contribution in [0.3, 0.4) is 0 Å². The number of aromatic nitrogens is 1. The van der Waals surface area contributed by atoms with Crippen molar-refractivity contribution in [2.75, 3.05) is 6.54 Å². The number of hydrogen-bond acceptors (Lipinski definition) is 4. The quantitative estimate of drug-likeness (QED) is 0.469. The van der Waals surface area contributed by atoms with E-state index >= 15 is 0 Å². The number of fused-ring (bicyclic) bond motifs is 1. The predicted molar refractivity (Wildman–Crippen MR) is 101 cm³/mol. The molecule has 0 amide bonds. The molecule has 0 saturated heterocycles. The molecule has 0 unspecified atom stereocenters. The summed E-state index contributed by atoms with van der Waals surface area (Å²) in [6, 6.07) is 11.1. The summed E-state index contributed by atoms with van der Waals surface area (Å²) in [7, 11) is 0. The Morgan fingerprint density at radius 2 is 1.96 bits per heavy atom. The van der Waals surface area contributed by atoms with E-state index in [0.717, 1.165) is 16.9 Å². The molecular weight excluding hydrogens is 389 g/mol. The first kappa shape index (κ1) is 19.7. The van der Waals surface area contributed by atoms with Gasteiger partial charge in [-0.15, -0.1) is 19.6 Å². The molecule has 0 atom stereocenters. The highest BCUT2D eigenvalue weighted by Gasteiger charge is 2.31. The standard InChI is InChI=1S/C20H15F3N2O2S/c1-3-10-24-19-25(12-17(26)14-6-4-13(2)5-7-14)16-9-8-15(11-18(16)28-19)27-20(21,22)23/h1,4-9,11H,10,12H2,2H3. The van der Waals surface area contributed by atoms with Crippen molar-refractivity contribution in [3.8, 4) is 18.1 Å². The van der Waals surface area contributed by atoms with E-state index in [1.54, 1.807) is 16.7 Å². The van der Waals surface area contributed by atoms with E-state index in [4.69, 9.17) is 6.42 Å². The number of hydrogen-bond donors (Lipinski definition) is 0. The van der Waals surface area contributed by atoms with Gasteiger partial charge in [0.25, 0.3) is 0 Å². The van der Waals surface area contributed by atoms with Crippen molar-refractivity contribution in [1.82, 2.24) is 4.57 Å². The Balaban J connectivity index is 2.02. The number of carbonyl (C=O) groups is 1. The van der Waals surface area contributed by atoms with Crippen molar-refractivity contribution in [3.63, 3.8) is 0 Å². The molecule has 0 spiro atoms. The molecule has 4 nitrogen and oxygen atoms in total. The third kappa shape index (κ3) is 4.61. The Kier molecular flexibility index (Phi) is 5.56. The fourth-order valence-corrected chi connectivity index (χ4v) is 3.67. The molecule has 3 rings (SSSR count). The zero-order chi connectivity index (χ0) is 20.3. The number of thiazole rings is 1. The fourth-order valence-electron chi connectivity index (χ4n) is 2.61. The summed E-state index contributed by atoms with van der Waals surface area (Å²) in [4.78, 5) is 17.4. The molecule has 0 aliphatic heterocycles. The van der Waals surface area contributed by atoms with Gasteiger partial charge in [0.15, 0.2) is 10.6 Å². The lowest BCUT2D eigenvalue weighted by molar-refractivity contribution is -0.274. The van der Waals surface area contributed by atoms with Crippen LogP contribution in [0.15, 0.2) is 47.5 Å².